The van der Waals surface area contributed by atoms with Gasteiger partial charge in [0.15, 0.2) is 0 Å². The Kier molecular flexibility index (Phi) is 1.63. The molecule has 0 amide bonds. The van der Waals surface area contributed by atoms with Crippen LogP contribution in [0, 0.1) is 0 Å². The van der Waals surface area contributed by atoms with Crippen LogP contribution < -0.4 is 11.5 Å². The molecule has 0 fully saturated rings. The molecule has 0 spiro atoms. The average molecular weight is 144 g/mol. The van der Waals surface area contributed by atoms with Crippen LogP contribution in [-0.4, -0.2) is 16.8 Å². The van der Waals surface area contributed by atoms with E-state index in [-0.39, 0.29) is 6.17 Å². The summed E-state index contributed by atoms with van der Waals surface area (Å²) >= 11 is 3.96. The van der Waals surface area contributed by atoms with Gasteiger partial charge in [-0.3, -0.25) is 4.31 Å². The van der Waals surface area contributed by atoms with Crippen LogP contribution in [0.5, 0.6) is 0 Å². The smallest absolute Gasteiger partial charge is 0.124 e. The molecule has 1 atom stereocenters. The molecular formula is C4H8N4S. The molecule has 1 rings (SSSR count). The van der Waals surface area contributed by atoms with Gasteiger partial charge in [-0.25, -0.2) is 4.99 Å². The molecule has 0 saturated heterocycles. The monoisotopic (exact) mass is 144 g/mol. The Morgan fingerprint density at radius 1 is 1.78 bits per heavy atom. The van der Waals surface area contributed by atoms with E-state index < -0.39 is 0 Å². The van der Waals surface area contributed by atoms with E-state index >= 15 is 0 Å². The predicted molar refractivity (Wildman–Crippen MR) is 39.6 cm³/mol. The fourth-order valence-electron chi connectivity index (χ4n) is 0.497. The maximum atomic E-state index is 5.47. The number of aliphatic imine (C=N–C) groups is 1. The zero-order chi connectivity index (χ0) is 6.85. The molecule has 1 heterocycles. The van der Waals surface area contributed by atoms with Gasteiger partial charge in [0.25, 0.3) is 0 Å². The summed E-state index contributed by atoms with van der Waals surface area (Å²) in [5.41, 5.74) is 10.8. The van der Waals surface area contributed by atoms with Gasteiger partial charge in [-0.05, 0) is 6.08 Å². The van der Waals surface area contributed by atoms with E-state index in [2.05, 4.69) is 17.8 Å². The number of nitrogens with zero attached hydrogens (tertiary/aromatic N) is 2. The summed E-state index contributed by atoms with van der Waals surface area (Å²) in [5.74, 6) is 0.438. The Morgan fingerprint density at radius 3 is 2.89 bits per heavy atom. The topological polar surface area (TPSA) is 67.6 Å². The zero-order valence-electron chi connectivity index (χ0n) is 4.73. The summed E-state index contributed by atoms with van der Waals surface area (Å²) in [5, 5.41) is 0. The Morgan fingerprint density at radius 2 is 2.44 bits per heavy atom. The molecule has 4 N–H and O–H groups in total. The number of hydrogen-bond donors (Lipinski definition) is 3. The Balaban J connectivity index is 2.70. The minimum Gasteiger partial charge on any atom is -0.384 e. The van der Waals surface area contributed by atoms with Crippen molar-refractivity contribution < 1.29 is 0 Å². The van der Waals surface area contributed by atoms with Crippen LogP contribution in [0.3, 0.4) is 0 Å². The summed E-state index contributed by atoms with van der Waals surface area (Å²) in [7, 11) is 0. The van der Waals surface area contributed by atoms with E-state index in [0.29, 0.717) is 5.82 Å². The van der Waals surface area contributed by atoms with Crippen LogP contribution in [0.1, 0.15) is 0 Å². The van der Waals surface area contributed by atoms with Gasteiger partial charge in [-0.1, -0.05) is 12.8 Å². The van der Waals surface area contributed by atoms with E-state index in [1.807, 2.05) is 0 Å². The second kappa shape index (κ2) is 2.28. The fraction of sp³-hybridized carbons (Fsp3) is 0.250. The lowest BCUT2D eigenvalue weighted by Gasteiger charge is -2.20. The van der Waals surface area contributed by atoms with E-state index in [4.69, 9.17) is 11.5 Å². The van der Waals surface area contributed by atoms with E-state index in [9.17, 15) is 0 Å². The van der Waals surface area contributed by atoms with Gasteiger partial charge in [0.1, 0.15) is 18.3 Å². The second-order valence-electron chi connectivity index (χ2n) is 1.71. The highest BCUT2D eigenvalue weighted by Gasteiger charge is 2.07. The third kappa shape index (κ3) is 1.36. The minimum absolute atomic E-state index is 0.258. The lowest BCUT2D eigenvalue weighted by Crippen LogP contribution is -2.35. The van der Waals surface area contributed by atoms with Gasteiger partial charge in [0.2, 0.25) is 0 Å². The summed E-state index contributed by atoms with van der Waals surface area (Å²) in [6.45, 7) is 0. The van der Waals surface area contributed by atoms with Crippen LogP contribution in [0.15, 0.2) is 16.9 Å². The summed E-state index contributed by atoms with van der Waals surface area (Å²) in [6, 6.07) is 0. The Hall–Kier alpha value is -0.680. The first-order chi connectivity index (χ1) is 4.20. The summed E-state index contributed by atoms with van der Waals surface area (Å²) in [4.78, 5) is 3.74. The molecule has 1 aliphatic rings. The number of thiol groups is 1. The molecule has 0 aromatic carbocycles. The van der Waals surface area contributed by atoms with Crippen molar-refractivity contribution in [3.05, 3.63) is 11.9 Å². The van der Waals surface area contributed by atoms with Crippen LogP contribution in [0.2, 0.25) is 0 Å². The van der Waals surface area contributed by atoms with Gasteiger partial charge in [0.05, 0.1) is 0 Å². The van der Waals surface area contributed by atoms with Gasteiger partial charge in [0, 0.05) is 0 Å². The van der Waals surface area contributed by atoms with Crippen LogP contribution in [-0.2, 0) is 0 Å². The van der Waals surface area contributed by atoms with Crippen molar-refractivity contribution >= 4 is 19.2 Å². The molecule has 9 heavy (non-hydrogen) atoms. The van der Waals surface area contributed by atoms with Crippen LogP contribution in [0.4, 0.5) is 0 Å². The molecule has 5 heteroatoms. The van der Waals surface area contributed by atoms with E-state index in [1.165, 1.54) is 10.6 Å². The van der Waals surface area contributed by atoms with Crippen LogP contribution >= 0.6 is 12.8 Å². The first-order valence-corrected chi connectivity index (χ1v) is 2.84. The van der Waals surface area contributed by atoms with Gasteiger partial charge < -0.3 is 11.5 Å². The third-order valence-corrected chi connectivity index (χ3v) is 1.34. The standard InChI is InChI=1S/C4H8N4S/c5-3-1-4(6)8(9)2-7-3/h1-2,4,9H,5-6H2. The molecular weight excluding hydrogens is 136 g/mol. The maximum Gasteiger partial charge on any atom is 0.124 e. The molecule has 0 saturated carbocycles. The minimum atomic E-state index is -0.258. The van der Waals surface area contributed by atoms with Crippen molar-refractivity contribution in [1.82, 2.24) is 4.31 Å². The molecule has 0 radical (unpaired) electrons. The number of hydrogen-bond acceptors (Lipinski definition) is 5. The second-order valence-corrected chi connectivity index (χ2v) is 2.17. The van der Waals surface area contributed by atoms with Crippen molar-refractivity contribution in [2.45, 2.75) is 6.17 Å². The van der Waals surface area contributed by atoms with Crippen molar-refractivity contribution in [1.29, 1.82) is 0 Å². The van der Waals surface area contributed by atoms with Crippen molar-refractivity contribution in [2.24, 2.45) is 16.5 Å². The molecule has 0 aromatic rings. The molecule has 0 aliphatic carbocycles. The average Bonchev–Trinajstić information content (AvgIpc) is 1.80. The SMILES string of the molecule is NC1=CC(N)N(S)C=N1. The lowest BCUT2D eigenvalue weighted by atomic mass is 10.4. The predicted octanol–water partition coefficient (Wildman–Crippen LogP) is -0.740. The largest absolute Gasteiger partial charge is 0.384 e. The third-order valence-electron chi connectivity index (χ3n) is 0.972. The highest BCUT2D eigenvalue weighted by Crippen LogP contribution is 2.03. The molecule has 0 bridgehead atoms. The van der Waals surface area contributed by atoms with Crippen molar-refractivity contribution in [3.8, 4) is 0 Å². The van der Waals surface area contributed by atoms with Crippen molar-refractivity contribution in [3.63, 3.8) is 0 Å². The Labute approximate surface area is 58.8 Å². The summed E-state index contributed by atoms with van der Waals surface area (Å²) in [6.07, 6.45) is 2.83. The van der Waals surface area contributed by atoms with Gasteiger partial charge >= 0.3 is 0 Å². The Bertz CT molecular complexity index is 164. The maximum absolute atomic E-state index is 5.47. The first-order valence-electron chi connectivity index (χ1n) is 2.44. The number of rotatable bonds is 0. The molecule has 1 aliphatic heterocycles. The van der Waals surface area contributed by atoms with Gasteiger partial charge in [-0.15, -0.1) is 0 Å². The first kappa shape index (κ1) is 6.44. The lowest BCUT2D eigenvalue weighted by molar-refractivity contribution is 0.580. The van der Waals surface area contributed by atoms with E-state index in [1.54, 1.807) is 6.08 Å². The van der Waals surface area contributed by atoms with E-state index in [0.717, 1.165) is 0 Å². The number of nitrogens with two attached hydrogens (primary N) is 2. The van der Waals surface area contributed by atoms with Crippen LogP contribution in [0.25, 0.3) is 0 Å². The molecule has 4 nitrogen and oxygen atoms in total. The molecule has 1 unspecified atom stereocenters. The molecule has 0 aromatic heterocycles. The quantitative estimate of drug-likeness (QED) is 0.392. The van der Waals surface area contributed by atoms with Crippen molar-refractivity contribution in [2.75, 3.05) is 0 Å². The summed E-state index contributed by atoms with van der Waals surface area (Å²) < 4.78 is 1.47. The molecule has 50 valence electrons. The normalized spacial score (nSPS) is 26.2. The zero-order valence-corrected chi connectivity index (χ0v) is 5.62. The van der Waals surface area contributed by atoms with Gasteiger partial charge in [-0.2, -0.15) is 0 Å². The highest BCUT2D eigenvalue weighted by atomic mass is 32.1. The highest BCUT2D eigenvalue weighted by molar-refractivity contribution is 7.78. The fourth-order valence-corrected chi connectivity index (χ4v) is 0.615.